The average molecular weight is 473 g/mol. The number of benzene rings is 2. The summed E-state index contributed by atoms with van der Waals surface area (Å²) in [6.45, 7) is 16.8. The van der Waals surface area contributed by atoms with Crippen LogP contribution in [0.15, 0.2) is 48.5 Å². The SMILES string of the molecule is CC.CC.CC(=O)O.CC(C)=O.CN1CCc2ccccc2C1.CN1CCc2ccccc2C1. The van der Waals surface area contributed by atoms with Crippen molar-refractivity contribution in [3.05, 3.63) is 70.8 Å². The lowest BCUT2D eigenvalue weighted by Gasteiger charge is -2.24. The molecule has 0 aliphatic carbocycles. The molecule has 192 valence electrons. The lowest BCUT2D eigenvalue weighted by Crippen LogP contribution is -2.26. The second-order valence-electron chi connectivity index (χ2n) is 7.94. The van der Waals surface area contributed by atoms with Crippen molar-refractivity contribution in [3.8, 4) is 0 Å². The highest BCUT2D eigenvalue weighted by molar-refractivity contribution is 5.72. The summed E-state index contributed by atoms with van der Waals surface area (Å²) in [6.07, 6.45) is 2.43. The predicted octanol–water partition coefficient (Wildman–Crippen LogP) is 6.09. The van der Waals surface area contributed by atoms with Gasteiger partial charge < -0.3 is 19.7 Å². The quantitative estimate of drug-likeness (QED) is 0.503. The number of carbonyl (C=O) groups excluding carboxylic acids is 1. The van der Waals surface area contributed by atoms with Gasteiger partial charge in [0.25, 0.3) is 5.97 Å². The zero-order valence-corrected chi connectivity index (χ0v) is 23.0. The van der Waals surface area contributed by atoms with Gasteiger partial charge in [0.15, 0.2) is 0 Å². The van der Waals surface area contributed by atoms with Gasteiger partial charge >= 0.3 is 0 Å². The van der Waals surface area contributed by atoms with Gasteiger partial charge in [0.05, 0.1) is 0 Å². The molecule has 5 heteroatoms. The minimum atomic E-state index is -0.833. The summed E-state index contributed by atoms with van der Waals surface area (Å²) in [5.74, 6) is -0.667. The Morgan fingerprint density at radius 2 is 0.882 bits per heavy atom. The molecule has 0 spiro atoms. The molecule has 5 nitrogen and oxygen atoms in total. The second-order valence-corrected chi connectivity index (χ2v) is 7.94. The van der Waals surface area contributed by atoms with Crippen molar-refractivity contribution < 1.29 is 14.7 Å². The van der Waals surface area contributed by atoms with E-state index < -0.39 is 5.97 Å². The number of Topliss-reactive ketones (excluding diaryl/α,β-unsaturated/α-hetero) is 1. The van der Waals surface area contributed by atoms with Gasteiger partial charge in [-0.05, 0) is 63.0 Å². The van der Waals surface area contributed by atoms with Gasteiger partial charge in [-0.1, -0.05) is 76.2 Å². The van der Waals surface area contributed by atoms with E-state index in [1.165, 1.54) is 62.0 Å². The van der Waals surface area contributed by atoms with Crippen molar-refractivity contribution in [1.82, 2.24) is 9.80 Å². The van der Waals surface area contributed by atoms with E-state index in [4.69, 9.17) is 9.90 Å². The van der Waals surface area contributed by atoms with Crippen LogP contribution >= 0.6 is 0 Å². The first-order valence-corrected chi connectivity index (χ1v) is 12.4. The van der Waals surface area contributed by atoms with Crippen LogP contribution in [0, 0.1) is 0 Å². The van der Waals surface area contributed by atoms with Gasteiger partial charge in [0.1, 0.15) is 5.78 Å². The summed E-state index contributed by atoms with van der Waals surface area (Å²) < 4.78 is 0. The number of ketones is 1. The Balaban J connectivity index is 0. The first-order chi connectivity index (χ1) is 16.2. The minimum Gasteiger partial charge on any atom is -0.481 e. The topological polar surface area (TPSA) is 60.9 Å². The summed E-state index contributed by atoms with van der Waals surface area (Å²) in [6, 6.07) is 17.4. The molecule has 4 rings (SSSR count). The maximum absolute atomic E-state index is 9.44. The van der Waals surface area contributed by atoms with Crippen molar-refractivity contribution in [2.24, 2.45) is 0 Å². The zero-order valence-electron chi connectivity index (χ0n) is 23.0. The van der Waals surface area contributed by atoms with Gasteiger partial charge in [0.2, 0.25) is 0 Å². The zero-order chi connectivity index (χ0) is 26.5. The van der Waals surface area contributed by atoms with Crippen molar-refractivity contribution in [1.29, 1.82) is 0 Å². The number of nitrogens with zero attached hydrogens (tertiary/aromatic N) is 2. The number of carbonyl (C=O) groups is 2. The summed E-state index contributed by atoms with van der Waals surface area (Å²) in [5, 5.41) is 7.42. The van der Waals surface area contributed by atoms with Gasteiger partial charge in [-0.25, -0.2) is 0 Å². The third-order valence-corrected chi connectivity index (χ3v) is 4.64. The van der Waals surface area contributed by atoms with E-state index in [9.17, 15) is 4.79 Å². The standard InChI is InChI=1S/2C10H13N.C3H6O.C2H4O2.2C2H6/c2*1-11-7-6-9-4-2-3-5-10(9)8-11;1-3(2)4;1-2(3)4;2*1-2/h2*2-5H,6-8H2,1H3;1-2H3;1H3,(H,3,4);2*1-2H3. The Morgan fingerprint density at radius 3 is 1.15 bits per heavy atom. The Labute approximate surface area is 208 Å². The van der Waals surface area contributed by atoms with Crippen LogP contribution in [-0.2, 0) is 35.5 Å². The second kappa shape index (κ2) is 21.1. The van der Waals surface area contributed by atoms with Crippen LogP contribution in [0.3, 0.4) is 0 Å². The van der Waals surface area contributed by atoms with E-state index in [0.717, 1.165) is 20.0 Å². The number of hydrogen-bond acceptors (Lipinski definition) is 4. The molecule has 0 amide bonds. The number of likely N-dealkylation sites (N-methyl/N-ethyl adjacent to an activating group) is 2. The molecule has 34 heavy (non-hydrogen) atoms. The molecule has 2 aliphatic rings. The number of carboxylic acid groups (broad SMARTS) is 1. The number of hydrogen-bond donors (Lipinski definition) is 1. The molecule has 0 aromatic heterocycles. The highest BCUT2D eigenvalue weighted by atomic mass is 16.4. The lowest BCUT2D eigenvalue weighted by molar-refractivity contribution is -0.134. The number of aliphatic carboxylic acids is 1. The molecule has 2 aliphatic heterocycles. The number of fused-ring (bicyclic) bond motifs is 2. The van der Waals surface area contributed by atoms with Gasteiger partial charge in [0, 0.05) is 33.1 Å². The van der Waals surface area contributed by atoms with Gasteiger partial charge in [-0.3, -0.25) is 4.79 Å². The molecular formula is C29H48N2O3. The number of carboxylic acids is 1. The highest BCUT2D eigenvalue weighted by Crippen LogP contribution is 2.17. The molecule has 2 heterocycles. The molecule has 0 atom stereocenters. The average Bonchev–Trinajstić information content (AvgIpc) is 2.81. The van der Waals surface area contributed by atoms with Crippen LogP contribution in [0.5, 0.6) is 0 Å². The van der Waals surface area contributed by atoms with E-state index in [1.54, 1.807) is 0 Å². The Hall–Kier alpha value is -2.50. The largest absolute Gasteiger partial charge is 0.481 e. The Bertz CT molecular complexity index is 730. The van der Waals surface area contributed by atoms with Crippen LogP contribution in [0.2, 0.25) is 0 Å². The Kier molecular flexibility index (Phi) is 20.9. The highest BCUT2D eigenvalue weighted by Gasteiger charge is 2.11. The first-order valence-electron chi connectivity index (χ1n) is 12.4. The minimum absolute atomic E-state index is 0.167. The van der Waals surface area contributed by atoms with E-state index in [1.807, 2.05) is 27.7 Å². The number of rotatable bonds is 0. The van der Waals surface area contributed by atoms with Crippen LogP contribution in [0.25, 0.3) is 0 Å². The van der Waals surface area contributed by atoms with Crippen LogP contribution in [-0.4, -0.2) is 53.8 Å². The van der Waals surface area contributed by atoms with Crippen molar-refractivity contribution >= 4 is 11.8 Å². The summed E-state index contributed by atoms with van der Waals surface area (Å²) in [4.78, 5) is 23.2. The van der Waals surface area contributed by atoms with Crippen molar-refractivity contribution in [2.45, 2.75) is 74.4 Å². The van der Waals surface area contributed by atoms with Crippen molar-refractivity contribution in [3.63, 3.8) is 0 Å². The Morgan fingerprint density at radius 1 is 0.647 bits per heavy atom. The van der Waals surface area contributed by atoms with Crippen LogP contribution < -0.4 is 0 Å². The molecule has 2 aromatic carbocycles. The fraction of sp³-hybridized carbons (Fsp3) is 0.517. The molecule has 0 bridgehead atoms. The molecule has 1 N–H and O–H groups in total. The monoisotopic (exact) mass is 472 g/mol. The molecular weight excluding hydrogens is 424 g/mol. The molecule has 2 aromatic rings. The normalized spacial score (nSPS) is 13.4. The fourth-order valence-corrected chi connectivity index (χ4v) is 3.27. The maximum Gasteiger partial charge on any atom is 0.300 e. The molecule has 0 saturated carbocycles. The predicted molar refractivity (Wildman–Crippen MR) is 145 cm³/mol. The molecule has 0 unspecified atom stereocenters. The molecule has 0 saturated heterocycles. The smallest absolute Gasteiger partial charge is 0.300 e. The summed E-state index contributed by atoms with van der Waals surface area (Å²) >= 11 is 0. The van der Waals surface area contributed by atoms with Gasteiger partial charge in [-0.2, -0.15) is 0 Å². The third kappa shape index (κ3) is 17.0. The lowest BCUT2D eigenvalue weighted by atomic mass is 10.0. The van der Waals surface area contributed by atoms with Crippen LogP contribution in [0.4, 0.5) is 0 Å². The fourth-order valence-electron chi connectivity index (χ4n) is 3.27. The maximum atomic E-state index is 9.44. The first kappa shape index (κ1) is 33.7. The van der Waals surface area contributed by atoms with Crippen molar-refractivity contribution in [2.75, 3.05) is 27.2 Å². The van der Waals surface area contributed by atoms with E-state index in [0.29, 0.717) is 0 Å². The molecule has 0 fully saturated rings. The van der Waals surface area contributed by atoms with Gasteiger partial charge in [-0.15, -0.1) is 0 Å². The third-order valence-electron chi connectivity index (χ3n) is 4.64. The van der Waals surface area contributed by atoms with E-state index >= 15 is 0 Å². The summed E-state index contributed by atoms with van der Waals surface area (Å²) in [5.41, 5.74) is 6.07. The van der Waals surface area contributed by atoms with Crippen LogP contribution in [0.1, 0.15) is 70.7 Å². The van der Waals surface area contributed by atoms with E-state index in [2.05, 4.69) is 72.4 Å². The van der Waals surface area contributed by atoms with E-state index in [-0.39, 0.29) is 5.78 Å². The summed E-state index contributed by atoms with van der Waals surface area (Å²) in [7, 11) is 4.35. The molecule has 0 radical (unpaired) electrons.